The minimum Gasteiger partial charge on any atom is -0.368 e. The summed E-state index contributed by atoms with van der Waals surface area (Å²) in [7, 11) is 0. The van der Waals surface area contributed by atoms with E-state index < -0.39 is 0 Å². The molecule has 2 aliphatic rings. The third-order valence-corrected chi connectivity index (χ3v) is 5.48. The Morgan fingerprint density at radius 2 is 1.86 bits per heavy atom. The number of nitrogens with one attached hydrogen (secondary N) is 2. The summed E-state index contributed by atoms with van der Waals surface area (Å²) < 4.78 is 0. The molecule has 2 heterocycles. The highest BCUT2D eigenvalue weighted by Gasteiger charge is 2.20. The molecule has 3 rings (SSSR count). The van der Waals surface area contributed by atoms with Crippen molar-refractivity contribution in [3.05, 3.63) is 29.8 Å². The van der Waals surface area contributed by atoms with E-state index in [1.165, 1.54) is 6.42 Å². The minimum absolute atomic E-state index is 0. The third kappa shape index (κ3) is 6.83. The largest absolute Gasteiger partial charge is 0.368 e. The number of hydrogen-bond acceptors (Lipinski definition) is 4. The first-order valence-electron chi connectivity index (χ1n) is 9.69. The topological polar surface area (TPSA) is 64.7 Å². The number of para-hydroxylation sites is 1. The zero-order valence-corrected chi connectivity index (χ0v) is 18.1. The summed E-state index contributed by atoms with van der Waals surface area (Å²) >= 11 is 0. The summed E-state index contributed by atoms with van der Waals surface area (Å²) in [4.78, 5) is 27.9. The first-order valence-corrected chi connectivity index (χ1v) is 9.69. The number of piperazine rings is 1. The maximum Gasteiger partial charge on any atom is 0.220 e. The Morgan fingerprint density at radius 3 is 2.50 bits per heavy atom. The summed E-state index contributed by atoms with van der Waals surface area (Å²) in [5.41, 5.74) is 2.30. The molecule has 1 aromatic carbocycles. The van der Waals surface area contributed by atoms with Gasteiger partial charge in [-0.2, -0.15) is 0 Å². The van der Waals surface area contributed by atoms with Crippen molar-refractivity contribution in [1.29, 1.82) is 0 Å². The van der Waals surface area contributed by atoms with E-state index in [1.807, 2.05) is 17.0 Å². The standard InChI is InChI=1S/C20H30N4O2.2ClH/c1-16(25)23-10-12-24(13-11-23)19-5-3-2-4-18(19)15-22-20(26)7-6-17-8-9-21-14-17;;/h2-5,17,21H,6-15H2,1H3,(H,22,26);2*1H. The van der Waals surface area contributed by atoms with Gasteiger partial charge in [0.25, 0.3) is 0 Å². The van der Waals surface area contributed by atoms with Gasteiger partial charge in [-0.05, 0) is 43.5 Å². The number of rotatable bonds is 6. The molecule has 2 N–H and O–H groups in total. The Hall–Kier alpha value is -1.50. The summed E-state index contributed by atoms with van der Waals surface area (Å²) in [6.45, 7) is 7.49. The molecule has 0 aliphatic carbocycles. The molecule has 28 heavy (non-hydrogen) atoms. The molecular weight excluding hydrogens is 399 g/mol. The van der Waals surface area contributed by atoms with Crippen molar-refractivity contribution >= 4 is 42.3 Å². The van der Waals surface area contributed by atoms with Gasteiger partial charge in [0.2, 0.25) is 11.8 Å². The van der Waals surface area contributed by atoms with Crippen molar-refractivity contribution in [2.45, 2.75) is 32.7 Å². The van der Waals surface area contributed by atoms with Gasteiger partial charge in [-0.3, -0.25) is 9.59 Å². The molecular formula is C20H32Cl2N4O2. The first-order chi connectivity index (χ1) is 12.6. The molecule has 0 aromatic heterocycles. The lowest BCUT2D eigenvalue weighted by atomic mass is 10.0. The zero-order chi connectivity index (χ0) is 18.4. The number of anilines is 1. The number of carbonyl (C=O) groups is 2. The number of nitrogens with zero attached hydrogens (tertiary/aromatic N) is 2. The molecule has 1 atom stereocenters. The lowest BCUT2D eigenvalue weighted by molar-refractivity contribution is -0.129. The second-order valence-electron chi connectivity index (χ2n) is 7.30. The van der Waals surface area contributed by atoms with Crippen LogP contribution < -0.4 is 15.5 Å². The minimum atomic E-state index is 0. The highest BCUT2D eigenvalue weighted by Crippen LogP contribution is 2.22. The van der Waals surface area contributed by atoms with Crippen molar-refractivity contribution in [3.63, 3.8) is 0 Å². The molecule has 158 valence electrons. The summed E-state index contributed by atoms with van der Waals surface area (Å²) in [6.07, 6.45) is 2.75. The summed E-state index contributed by atoms with van der Waals surface area (Å²) in [6, 6.07) is 8.23. The summed E-state index contributed by atoms with van der Waals surface area (Å²) in [5.74, 6) is 0.918. The van der Waals surface area contributed by atoms with E-state index >= 15 is 0 Å². The molecule has 0 bridgehead atoms. The van der Waals surface area contributed by atoms with E-state index in [2.05, 4.69) is 27.7 Å². The van der Waals surface area contributed by atoms with Crippen molar-refractivity contribution in [3.8, 4) is 0 Å². The second kappa shape index (κ2) is 12.1. The van der Waals surface area contributed by atoms with Gasteiger partial charge in [0.05, 0.1) is 0 Å². The number of halogens is 2. The fraction of sp³-hybridized carbons (Fsp3) is 0.600. The van der Waals surface area contributed by atoms with Crippen LogP contribution in [0.15, 0.2) is 24.3 Å². The van der Waals surface area contributed by atoms with Crippen LogP contribution in [0.5, 0.6) is 0 Å². The van der Waals surface area contributed by atoms with Crippen LogP contribution in [-0.4, -0.2) is 56.0 Å². The van der Waals surface area contributed by atoms with Crippen molar-refractivity contribution in [2.24, 2.45) is 5.92 Å². The molecule has 0 saturated carbocycles. The Labute approximate surface area is 180 Å². The molecule has 8 heteroatoms. The maximum absolute atomic E-state index is 12.2. The Morgan fingerprint density at radius 1 is 1.14 bits per heavy atom. The van der Waals surface area contributed by atoms with Crippen LogP contribution in [0.4, 0.5) is 5.69 Å². The molecule has 0 spiro atoms. The summed E-state index contributed by atoms with van der Waals surface area (Å²) in [5, 5.41) is 6.42. The number of hydrogen-bond donors (Lipinski definition) is 2. The molecule has 0 radical (unpaired) electrons. The van der Waals surface area contributed by atoms with Crippen LogP contribution >= 0.6 is 24.8 Å². The smallest absolute Gasteiger partial charge is 0.220 e. The quantitative estimate of drug-likeness (QED) is 0.725. The number of benzene rings is 1. The normalized spacial score (nSPS) is 18.8. The second-order valence-corrected chi connectivity index (χ2v) is 7.30. The van der Waals surface area contributed by atoms with Gasteiger partial charge in [-0.1, -0.05) is 18.2 Å². The lowest BCUT2D eigenvalue weighted by Gasteiger charge is -2.36. The van der Waals surface area contributed by atoms with Gasteiger partial charge in [-0.15, -0.1) is 24.8 Å². The van der Waals surface area contributed by atoms with Crippen LogP contribution in [0, 0.1) is 5.92 Å². The van der Waals surface area contributed by atoms with Crippen LogP contribution in [0.3, 0.4) is 0 Å². The van der Waals surface area contributed by atoms with Gasteiger partial charge in [0.15, 0.2) is 0 Å². The molecule has 2 saturated heterocycles. The van der Waals surface area contributed by atoms with Crippen molar-refractivity contribution in [1.82, 2.24) is 15.5 Å². The average molecular weight is 431 g/mol. The van der Waals surface area contributed by atoms with E-state index in [0.717, 1.165) is 56.9 Å². The number of carbonyl (C=O) groups excluding carboxylic acids is 2. The Kier molecular flexibility index (Phi) is 10.6. The van der Waals surface area contributed by atoms with Gasteiger partial charge in [0.1, 0.15) is 0 Å². The Balaban J connectivity index is 0.00000196. The predicted molar refractivity (Wildman–Crippen MR) is 117 cm³/mol. The number of amides is 2. The zero-order valence-electron chi connectivity index (χ0n) is 16.5. The van der Waals surface area contributed by atoms with Crippen LogP contribution in [0.25, 0.3) is 0 Å². The first kappa shape index (κ1) is 24.5. The van der Waals surface area contributed by atoms with E-state index in [1.54, 1.807) is 6.92 Å². The Bertz CT molecular complexity index is 630. The SMILES string of the molecule is CC(=O)N1CCN(c2ccccc2CNC(=O)CCC2CCNC2)CC1.Cl.Cl. The molecule has 2 amide bonds. The van der Waals surface area contributed by atoms with Crippen LogP contribution in [-0.2, 0) is 16.1 Å². The monoisotopic (exact) mass is 430 g/mol. The van der Waals surface area contributed by atoms with Crippen LogP contribution in [0.2, 0.25) is 0 Å². The lowest BCUT2D eigenvalue weighted by Crippen LogP contribution is -2.48. The maximum atomic E-state index is 12.2. The molecule has 2 fully saturated rings. The molecule has 2 aliphatic heterocycles. The molecule has 6 nitrogen and oxygen atoms in total. The predicted octanol–water partition coefficient (Wildman–Crippen LogP) is 2.20. The van der Waals surface area contributed by atoms with Crippen molar-refractivity contribution in [2.75, 3.05) is 44.2 Å². The van der Waals surface area contributed by atoms with E-state index in [-0.39, 0.29) is 36.6 Å². The van der Waals surface area contributed by atoms with Crippen molar-refractivity contribution < 1.29 is 9.59 Å². The third-order valence-electron chi connectivity index (χ3n) is 5.48. The van der Waals surface area contributed by atoms with Crippen LogP contribution in [0.1, 0.15) is 31.7 Å². The van der Waals surface area contributed by atoms with Gasteiger partial charge < -0.3 is 20.4 Å². The van der Waals surface area contributed by atoms with E-state index in [0.29, 0.717) is 18.9 Å². The van der Waals surface area contributed by atoms with Gasteiger partial charge in [0, 0.05) is 51.8 Å². The van der Waals surface area contributed by atoms with Gasteiger partial charge in [-0.25, -0.2) is 0 Å². The van der Waals surface area contributed by atoms with E-state index in [9.17, 15) is 9.59 Å². The fourth-order valence-corrected chi connectivity index (χ4v) is 3.81. The highest BCUT2D eigenvalue weighted by molar-refractivity contribution is 5.85. The average Bonchev–Trinajstić information content (AvgIpc) is 3.18. The van der Waals surface area contributed by atoms with Gasteiger partial charge >= 0.3 is 0 Å². The fourth-order valence-electron chi connectivity index (χ4n) is 3.81. The molecule has 1 unspecified atom stereocenters. The van der Waals surface area contributed by atoms with E-state index in [4.69, 9.17) is 0 Å². The molecule has 1 aromatic rings. The highest BCUT2D eigenvalue weighted by atomic mass is 35.5.